The summed E-state index contributed by atoms with van der Waals surface area (Å²) in [6, 6.07) is -0.331. The van der Waals surface area contributed by atoms with Crippen LogP contribution < -0.4 is 16.0 Å². The van der Waals surface area contributed by atoms with Crippen molar-refractivity contribution in [1.29, 1.82) is 0 Å². The fraction of sp³-hybridized carbons (Fsp3) is 0.750. The summed E-state index contributed by atoms with van der Waals surface area (Å²) < 4.78 is 0. The van der Waals surface area contributed by atoms with Gasteiger partial charge in [-0.2, -0.15) is 0 Å². The topological polar surface area (TPSA) is 73.5 Å². The van der Waals surface area contributed by atoms with Gasteiger partial charge in [0.25, 0.3) is 0 Å². The minimum Gasteiger partial charge on any atom is -0.314 e. The molecule has 4 amide bonds. The van der Waals surface area contributed by atoms with Crippen LogP contribution in [-0.4, -0.2) is 35.8 Å². The summed E-state index contributed by atoms with van der Waals surface area (Å²) in [5.41, 5.74) is 0. The lowest BCUT2D eigenvalue weighted by Crippen LogP contribution is -2.43. The SMILES string of the molecule is CCCCN1C(=O)N[C@H]2NC(=O)N[C@@H]21. The molecule has 2 fully saturated rings. The molecule has 14 heavy (non-hydrogen) atoms. The van der Waals surface area contributed by atoms with E-state index >= 15 is 0 Å². The van der Waals surface area contributed by atoms with Gasteiger partial charge < -0.3 is 20.9 Å². The Bertz CT molecular complexity index is 268. The normalized spacial score (nSPS) is 29.6. The molecule has 6 nitrogen and oxygen atoms in total. The zero-order valence-corrected chi connectivity index (χ0v) is 8.04. The van der Waals surface area contributed by atoms with Crippen LogP contribution in [0.3, 0.4) is 0 Å². The Morgan fingerprint density at radius 3 is 2.79 bits per heavy atom. The van der Waals surface area contributed by atoms with Crippen molar-refractivity contribution in [1.82, 2.24) is 20.9 Å². The summed E-state index contributed by atoms with van der Waals surface area (Å²) in [6.45, 7) is 2.75. The molecule has 2 rings (SSSR count). The molecule has 78 valence electrons. The van der Waals surface area contributed by atoms with E-state index in [-0.39, 0.29) is 24.4 Å². The van der Waals surface area contributed by atoms with Gasteiger partial charge in [-0.3, -0.25) is 0 Å². The Morgan fingerprint density at radius 2 is 2.07 bits per heavy atom. The second-order valence-electron chi connectivity index (χ2n) is 3.54. The van der Waals surface area contributed by atoms with E-state index in [4.69, 9.17) is 0 Å². The largest absolute Gasteiger partial charge is 0.320 e. The van der Waals surface area contributed by atoms with Crippen LogP contribution in [0.4, 0.5) is 9.59 Å². The summed E-state index contributed by atoms with van der Waals surface area (Å²) in [6.07, 6.45) is 1.49. The molecule has 0 aliphatic carbocycles. The fourth-order valence-electron chi connectivity index (χ4n) is 1.76. The van der Waals surface area contributed by atoms with Crippen molar-refractivity contribution in [2.45, 2.75) is 32.1 Å². The molecule has 2 atom stereocenters. The maximum absolute atomic E-state index is 11.4. The first-order valence-corrected chi connectivity index (χ1v) is 4.86. The van der Waals surface area contributed by atoms with Crippen molar-refractivity contribution in [2.75, 3.05) is 6.54 Å². The highest BCUT2D eigenvalue weighted by atomic mass is 16.2. The molecule has 0 saturated carbocycles. The third kappa shape index (κ3) is 1.36. The highest BCUT2D eigenvalue weighted by Gasteiger charge is 2.44. The van der Waals surface area contributed by atoms with Crippen LogP contribution in [0, 0.1) is 0 Å². The van der Waals surface area contributed by atoms with Crippen LogP contribution >= 0.6 is 0 Å². The number of hydrogen-bond acceptors (Lipinski definition) is 2. The standard InChI is InChI=1S/C8H14N4O2/c1-2-3-4-12-6-5(10-8(12)14)9-7(13)11-6/h5-6H,2-4H2,1H3,(H,10,14)(H2,9,11,13)/t5-,6-/m1/s1. The highest BCUT2D eigenvalue weighted by Crippen LogP contribution is 2.14. The van der Waals surface area contributed by atoms with Crippen molar-refractivity contribution in [2.24, 2.45) is 0 Å². The van der Waals surface area contributed by atoms with Gasteiger partial charge in [-0.25, -0.2) is 9.59 Å². The highest BCUT2D eigenvalue weighted by molar-refractivity contribution is 5.84. The lowest BCUT2D eigenvalue weighted by atomic mass is 10.3. The molecular weight excluding hydrogens is 184 g/mol. The van der Waals surface area contributed by atoms with Crippen LogP contribution in [0.1, 0.15) is 19.8 Å². The number of carbonyl (C=O) groups excluding carboxylic acids is 2. The summed E-state index contributed by atoms with van der Waals surface area (Å²) in [5.74, 6) is 0. The summed E-state index contributed by atoms with van der Waals surface area (Å²) >= 11 is 0. The predicted octanol–water partition coefficient (Wildman–Crippen LogP) is -0.223. The monoisotopic (exact) mass is 198 g/mol. The molecule has 3 N–H and O–H groups in total. The molecule has 2 heterocycles. The Kier molecular flexibility index (Phi) is 2.18. The van der Waals surface area contributed by atoms with Crippen molar-refractivity contribution < 1.29 is 9.59 Å². The number of nitrogens with zero attached hydrogens (tertiary/aromatic N) is 1. The zero-order chi connectivity index (χ0) is 10.1. The average molecular weight is 198 g/mol. The molecule has 2 saturated heterocycles. The maximum Gasteiger partial charge on any atom is 0.320 e. The number of unbranched alkanes of at least 4 members (excludes halogenated alkanes) is 1. The molecule has 2 aliphatic heterocycles. The lowest BCUT2D eigenvalue weighted by Gasteiger charge is -2.20. The van der Waals surface area contributed by atoms with Gasteiger partial charge in [0.15, 0.2) is 0 Å². The number of nitrogens with one attached hydrogen (secondary N) is 3. The molecular formula is C8H14N4O2. The van der Waals surface area contributed by atoms with Gasteiger partial charge in [-0.15, -0.1) is 0 Å². The number of carbonyl (C=O) groups is 2. The first-order valence-electron chi connectivity index (χ1n) is 4.86. The number of fused-ring (bicyclic) bond motifs is 1. The van der Waals surface area contributed by atoms with Gasteiger partial charge in [-0.1, -0.05) is 13.3 Å². The smallest absolute Gasteiger partial charge is 0.314 e. The Morgan fingerprint density at radius 1 is 1.29 bits per heavy atom. The molecule has 0 radical (unpaired) electrons. The molecule has 0 aromatic rings. The predicted molar refractivity (Wildman–Crippen MR) is 49.4 cm³/mol. The van der Waals surface area contributed by atoms with E-state index in [0.717, 1.165) is 12.8 Å². The molecule has 0 aromatic heterocycles. The zero-order valence-electron chi connectivity index (χ0n) is 8.04. The molecule has 0 spiro atoms. The van der Waals surface area contributed by atoms with Crippen molar-refractivity contribution in [3.05, 3.63) is 0 Å². The Labute approximate surface area is 82.0 Å². The van der Waals surface area contributed by atoms with Crippen molar-refractivity contribution in [3.8, 4) is 0 Å². The van der Waals surface area contributed by atoms with Gasteiger partial charge in [0.1, 0.15) is 12.3 Å². The van der Waals surface area contributed by atoms with Crippen LogP contribution in [0.5, 0.6) is 0 Å². The van der Waals surface area contributed by atoms with E-state index in [1.165, 1.54) is 0 Å². The van der Waals surface area contributed by atoms with E-state index in [1.807, 2.05) is 0 Å². The quantitative estimate of drug-likeness (QED) is 0.586. The third-order valence-corrected chi connectivity index (χ3v) is 2.51. The van der Waals surface area contributed by atoms with Crippen LogP contribution in [-0.2, 0) is 0 Å². The number of urea groups is 2. The lowest BCUT2D eigenvalue weighted by molar-refractivity contribution is 0.195. The van der Waals surface area contributed by atoms with E-state index in [9.17, 15) is 9.59 Å². The fourth-order valence-corrected chi connectivity index (χ4v) is 1.76. The van der Waals surface area contributed by atoms with Crippen LogP contribution in [0.15, 0.2) is 0 Å². The second-order valence-corrected chi connectivity index (χ2v) is 3.54. The maximum atomic E-state index is 11.4. The molecule has 0 bridgehead atoms. The Balaban J connectivity index is 2.01. The van der Waals surface area contributed by atoms with E-state index in [2.05, 4.69) is 22.9 Å². The van der Waals surface area contributed by atoms with E-state index < -0.39 is 0 Å². The minimum absolute atomic E-state index is 0.110. The van der Waals surface area contributed by atoms with Gasteiger partial charge in [0.2, 0.25) is 0 Å². The molecule has 6 heteroatoms. The number of hydrogen-bond donors (Lipinski definition) is 3. The van der Waals surface area contributed by atoms with E-state index in [0.29, 0.717) is 6.54 Å². The summed E-state index contributed by atoms with van der Waals surface area (Å²) in [4.78, 5) is 24.1. The van der Waals surface area contributed by atoms with Crippen molar-refractivity contribution >= 4 is 12.1 Å². The van der Waals surface area contributed by atoms with Crippen molar-refractivity contribution in [3.63, 3.8) is 0 Å². The minimum atomic E-state index is -0.271. The first kappa shape index (κ1) is 9.11. The summed E-state index contributed by atoms with van der Waals surface area (Å²) in [5, 5.41) is 8.02. The summed E-state index contributed by atoms with van der Waals surface area (Å²) in [7, 11) is 0. The second kappa shape index (κ2) is 3.36. The Hall–Kier alpha value is -1.46. The van der Waals surface area contributed by atoms with E-state index in [1.54, 1.807) is 4.90 Å². The van der Waals surface area contributed by atoms with Gasteiger partial charge in [-0.05, 0) is 6.42 Å². The van der Waals surface area contributed by atoms with Gasteiger partial charge in [0.05, 0.1) is 0 Å². The van der Waals surface area contributed by atoms with Crippen LogP contribution in [0.2, 0.25) is 0 Å². The van der Waals surface area contributed by atoms with Gasteiger partial charge >= 0.3 is 12.1 Å². The third-order valence-electron chi connectivity index (χ3n) is 2.51. The molecule has 2 aliphatic rings. The molecule has 0 aromatic carbocycles. The number of rotatable bonds is 3. The van der Waals surface area contributed by atoms with Crippen LogP contribution in [0.25, 0.3) is 0 Å². The first-order chi connectivity index (χ1) is 6.72. The van der Waals surface area contributed by atoms with Gasteiger partial charge in [0, 0.05) is 6.54 Å². The molecule has 0 unspecified atom stereocenters. The number of amides is 4. The average Bonchev–Trinajstić information content (AvgIpc) is 2.58.